The van der Waals surface area contributed by atoms with E-state index < -0.39 is 0 Å². The highest BCUT2D eigenvalue weighted by Crippen LogP contribution is 2.21. The van der Waals surface area contributed by atoms with Gasteiger partial charge in [-0.15, -0.1) is 0 Å². The third-order valence-electron chi connectivity index (χ3n) is 5.19. The third-order valence-corrected chi connectivity index (χ3v) is 5.76. The molecule has 9 heteroatoms. The number of hydrogen-bond acceptors (Lipinski definition) is 4. The van der Waals surface area contributed by atoms with Gasteiger partial charge in [0, 0.05) is 42.5 Å². The summed E-state index contributed by atoms with van der Waals surface area (Å²) >= 11 is 11.3. The number of H-pyrrole nitrogens is 1. The lowest BCUT2D eigenvalue weighted by molar-refractivity contribution is -0.131. The molecule has 2 aromatic carbocycles. The van der Waals surface area contributed by atoms with E-state index in [2.05, 4.69) is 15.1 Å². The molecule has 0 unspecified atom stereocenters. The molecule has 1 saturated heterocycles. The molecule has 1 fully saturated rings. The molecule has 0 aliphatic carbocycles. The molecule has 1 aromatic heterocycles. The van der Waals surface area contributed by atoms with Gasteiger partial charge in [-0.2, -0.15) is 5.10 Å². The summed E-state index contributed by atoms with van der Waals surface area (Å²) in [5.74, 6) is 0.343. The lowest BCUT2D eigenvalue weighted by Crippen LogP contribution is -2.37. The summed E-state index contributed by atoms with van der Waals surface area (Å²) in [4.78, 5) is 17.1. The topological polar surface area (TPSA) is 57.2 Å². The van der Waals surface area contributed by atoms with Crippen LogP contribution in [0.15, 0.2) is 48.5 Å². The number of aromatic nitrogens is 3. The minimum atomic E-state index is -0.251. The van der Waals surface area contributed by atoms with Crippen molar-refractivity contribution in [3.05, 3.63) is 64.1 Å². The molecule has 0 radical (unpaired) electrons. The average Bonchev–Trinajstić information content (AvgIpc) is 2.95. The molecule has 1 aliphatic rings. The number of carbonyl (C=O) groups excluding carboxylic acids is 1. The fraction of sp³-hybridized carbons (Fsp3) is 0.286. The first-order valence-corrected chi connectivity index (χ1v) is 10.5. The number of amides is 1. The van der Waals surface area contributed by atoms with Gasteiger partial charge >= 0.3 is 0 Å². The Morgan fingerprint density at radius 1 is 1.07 bits per heavy atom. The van der Waals surface area contributed by atoms with Crippen molar-refractivity contribution in [1.82, 2.24) is 19.7 Å². The molecule has 0 atom stereocenters. The van der Waals surface area contributed by atoms with Crippen molar-refractivity contribution >= 4 is 35.4 Å². The van der Waals surface area contributed by atoms with Gasteiger partial charge in [0.05, 0.1) is 0 Å². The average molecular weight is 446 g/mol. The van der Waals surface area contributed by atoms with E-state index in [4.69, 9.17) is 23.8 Å². The van der Waals surface area contributed by atoms with Gasteiger partial charge in [-0.3, -0.25) is 14.5 Å². The minimum Gasteiger partial charge on any atom is -0.370 e. The van der Waals surface area contributed by atoms with Crippen molar-refractivity contribution in [1.29, 1.82) is 0 Å². The van der Waals surface area contributed by atoms with Gasteiger partial charge in [0.15, 0.2) is 10.6 Å². The van der Waals surface area contributed by atoms with Crippen LogP contribution in [0.5, 0.6) is 0 Å². The van der Waals surface area contributed by atoms with Gasteiger partial charge in [-0.1, -0.05) is 11.6 Å². The van der Waals surface area contributed by atoms with E-state index in [9.17, 15) is 9.18 Å². The molecular formula is C21H21ClFN5OS. The molecule has 4 rings (SSSR count). The molecule has 1 N–H and O–H groups in total. The third kappa shape index (κ3) is 4.55. The van der Waals surface area contributed by atoms with Crippen LogP contribution in [-0.2, 0) is 11.3 Å². The van der Waals surface area contributed by atoms with Crippen LogP contribution in [0.4, 0.5) is 10.1 Å². The quantitative estimate of drug-likeness (QED) is 0.613. The summed E-state index contributed by atoms with van der Waals surface area (Å²) in [5.41, 5.74) is 1.80. The van der Waals surface area contributed by atoms with Crippen molar-refractivity contribution in [2.45, 2.75) is 13.0 Å². The normalized spacial score (nSPS) is 14.6. The van der Waals surface area contributed by atoms with Crippen molar-refractivity contribution in [2.24, 2.45) is 0 Å². The molecule has 3 aromatic rings. The van der Waals surface area contributed by atoms with E-state index in [0.717, 1.165) is 24.2 Å². The van der Waals surface area contributed by atoms with Gasteiger partial charge in [0.1, 0.15) is 12.4 Å². The van der Waals surface area contributed by atoms with E-state index in [1.54, 1.807) is 28.8 Å². The second kappa shape index (κ2) is 8.97. The molecule has 0 bridgehead atoms. The number of nitrogens with one attached hydrogen (secondary N) is 1. The van der Waals surface area contributed by atoms with Crippen molar-refractivity contribution in [3.8, 4) is 11.4 Å². The molecule has 0 saturated carbocycles. The summed E-state index contributed by atoms with van der Waals surface area (Å²) in [7, 11) is 0. The summed E-state index contributed by atoms with van der Waals surface area (Å²) in [5, 5.41) is 7.69. The van der Waals surface area contributed by atoms with Crippen LogP contribution in [-0.4, -0.2) is 51.8 Å². The van der Waals surface area contributed by atoms with Crippen molar-refractivity contribution < 1.29 is 9.18 Å². The summed E-state index contributed by atoms with van der Waals surface area (Å²) in [6, 6.07) is 13.7. The fourth-order valence-electron chi connectivity index (χ4n) is 3.60. The zero-order valence-corrected chi connectivity index (χ0v) is 17.8. The van der Waals surface area contributed by atoms with Gasteiger partial charge in [-0.05, 0) is 67.2 Å². The number of rotatable bonds is 4. The first kappa shape index (κ1) is 20.6. The fourth-order valence-corrected chi connectivity index (χ4v) is 3.92. The van der Waals surface area contributed by atoms with Crippen LogP contribution in [0.3, 0.4) is 0 Å². The van der Waals surface area contributed by atoms with Crippen LogP contribution in [0.2, 0.25) is 5.02 Å². The molecule has 1 aliphatic heterocycles. The monoisotopic (exact) mass is 445 g/mol. The predicted octanol–water partition coefficient (Wildman–Crippen LogP) is 4.14. The van der Waals surface area contributed by atoms with Crippen molar-refractivity contribution in [3.63, 3.8) is 0 Å². The predicted molar refractivity (Wildman–Crippen MR) is 118 cm³/mol. The Balaban J connectivity index is 1.46. The van der Waals surface area contributed by atoms with Crippen LogP contribution < -0.4 is 4.90 Å². The largest absolute Gasteiger partial charge is 0.370 e. The van der Waals surface area contributed by atoms with Crippen LogP contribution >= 0.6 is 23.8 Å². The molecule has 0 spiro atoms. The highest BCUT2D eigenvalue weighted by Gasteiger charge is 2.21. The summed E-state index contributed by atoms with van der Waals surface area (Å²) in [6.07, 6.45) is 0.837. The van der Waals surface area contributed by atoms with Crippen LogP contribution in [0, 0.1) is 10.6 Å². The maximum Gasteiger partial charge on any atom is 0.242 e. The number of halogens is 2. The first-order chi connectivity index (χ1) is 14.5. The highest BCUT2D eigenvalue weighted by molar-refractivity contribution is 7.71. The zero-order chi connectivity index (χ0) is 21.1. The maximum atomic E-state index is 13.2. The van der Waals surface area contributed by atoms with E-state index in [1.165, 1.54) is 12.1 Å². The Hall–Kier alpha value is -2.71. The number of benzene rings is 2. The zero-order valence-electron chi connectivity index (χ0n) is 16.2. The van der Waals surface area contributed by atoms with Crippen LogP contribution in [0.1, 0.15) is 6.42 Å². The molecule has 156 valence electrons. The molecule has 30 heavy (non-hydrogen) atoms. The number of carbonyl (C=O) groups is 1. The van der Waals surface area contributed by atoms with E-state index >= 15 is 0 Å². The number of hydrogen-bond donors (Lipinski definition) is 1. The molecular weight excluding hydrogens is 425 g/mol. The number of nitrogens with zero attached hydrogens (tertiary/aromatic N) is 4. The highest BCUT2D eigenvalue weighted by atomic mass is 35.5. The van der Waals surface area contributed by atoms with Gasteiger partial charge in [0.2, 0.25) is 5.91 Å². The van der Waals surface area contributed by atoms with Gasteiger partial charge in [0.25, 0.3) is 0 Å². The Morgan fingerprint density at radius 3 is 2.53 bits per heavy atom. The van der Waals surface area contributed by atoms with E-state index in [-0.39, 0.29) is 18.3 Å². The number of aromatic amines is 1. The molecule has 1 amide bonds. The lowest BCUT2D eigenvalue weighted by Gasteiger charge is -2.24. The Labute approximate surface area is 183 Å². The Bertz CT molecular complexity index is 1080. The van der Waals surface area contributed by atoms with Gasteiger partial charge < -0.3 is 9.80 Å². The minimum absolute atomic E-state index is 0.0105. The Kier molecular flexibility index (Phi) is 6.15. The van der Waals surface area contributed by atoms with Crippen molar-refractivity contribution in [2.75, 3.05) is 31.1 Å². The summed E-state index contributed by atoms with van der Waals surface area (Å²) < 4.78 is 15.3. The van der Waals surface area contributed by atoms with E-state index in [0.29, 0.717) is 35.3 Å². The second-order valence-electron chi connectivity index (χ2n) is 7.14. The SMILES string of the molecule is O=C(Cn1c(-c2ccc(Cl)cc2)n[nH]c1=S)N1CCCN(c2ccc(F)cc2)CC1. The standard InChI is InChI=1S/C21H21ClFN5OS/c22-16-4-2-15(3-5-16)20-24-25-21(30)28(20)14-19(29)27-11-1-10-26(12-13-27)18-8-6-17(23)7-9-18/h2-9H,1,10-14H2,(H,25,30). The lowest BCUT2D eigenvalue weighted by atomic mass is 10.2. The van der Waals surface area contributed by atoms with E-state index in [1.807, 2.05) is 17.0 Å². The maximum absolute atomic E-state index is 13.2. The molecule has 2 heterocycles. The second-order valence-corrected chi connectivity index (χ2v) is 7.97. The smallest absolute Gasteiger partial charge is 0.242 e. The number of anilines is 1. The molecule has 6 nitrogen and oxygen atoms in total. The summed E-state index contributed by atoms with van der Waals surface area (Å²) in [6.45, 7) is 2.88. The van der Waals surface area contributed by atoms with Gasteiger partial charge in [-0.25, -0.2) is 4.39 Å². The first-order valence-electron chi connectivity index (χ1n) is 9.71. The Morgan fingerprint density at radius 2 is 1.80 bits per heavy atom. The van der Waals surface area contributed by atoms with Crippen LogP contribution in [0.25, 0.3) is 11.4 Å².